The van der Waals surface area contributed by atoms with Gasteiger partial charge in [-0.15, -0.1) is 5.10 Å². The van der Waals surface area contributed by atoms with E-state index in [1.807, 2.05) is 12.2 Å². The zero-order chi connectivity index (χ0) is 13.8. The summed E-state index contributed by atoms with van der Waals surface area (Å²) in [6, 6.07) is 8.91. The first-order valence-electron chi connectivity index (χ1n) is 6.85. The van der Waals surface area contributed by atoms with Crippen LogP contribution in [0.2, 0.25) is 0 Å². The van der Waals surface area contributed by atoms with Crippen molar-refractivity contribution in [3.05, 3.63) is 41.3 Å². The van der Waals surface area contributed by atoms with Crippen LogP contribution in [0.4, 0.5) is 6.01 Å². The van der Waals surface area contributed by atoms with Gasteiger partial charge in [-0.1, -0.05) is 34.9 Å². The van der Waals surface area contributed by atoms with Crippen LogP contribution in [0, 0.1) is 6.92 Å². The molecule has 104 valence electrons. The summed E-state index contributed by atoms with van der Waals surface area (Å²) in [5.41, 5.74) is 2.37. The van der Waals surface area contributed by atoms with Crippen molar-refractivity contribution in [1.82, 2.24) is 15.5 Å². The topological polar surface area (TPSA) is 54.2 Å². The van der Waals surface area contributed by atoms with Crippen molar-refractivity contribution in [3.8, 4) is 0 Å². The van der Waals surface area contributed by atoms with Gasteiger partial charge in [0.05, 0.1) is 0 Å². The lowest BCUT2D eigenvalue weighted by Crippen LogP contribution is -2.43. The fraction of sp³-hybridized carbons (Fsp3) is 0.333. The summed E-state index contributed by atoms with van der Waals surface area (Å²) in [4.78, 5) is 2.10. The third kappa shape index (κ3) is 3.05. The Morgan fingerprint density at radius 2 is 1.85 bits per heavy atom. The lowest BCUT2D eigenvalue weighted by molar-refractivity contribution is 0.493. The molecule has 5 heteroatoms. The minimum absolute atomic E-state index is 0.541. The second kappa shape index (κ2) is 5.88. The molecule has 0 aliphatic carbocycles. The van der Waals surface area contributed by atoms with Gasteiger partial charge in [-0.25, -0.2) is 0 Å². The number of benzene rings is 1. The highest BCUT2D eigenvalue weighted by atomic mass is 16.4. The van der Waals surface area contributed by atoms with E-state index in [1.165, 1.54) is 5.56 Å². The summed E-state index contributed by atoms with van der Waals surface area (Å²) in [5, 5.41) is 11.5. The largest absolute Gasteiger partial charge is 0.404 e. The van der Waals surface area contributed by atoms with Gasteiger partial charge >= 0.3 is 6.01 Å². The van der Waals surface area contributed by atoms with Crippen LogP contribution in [0.25, 0.3) is 12.2 Å². The van der Waals surface area contributed by atoms with Gasteiger partial charge < -0.3 is 14.6 Å². The average molecular weight is 270 g/mol. The number of aromatic nitrogens is 2. The molecule has 2 heterocycles. The fourth-order valence-electron chi connectivity index (χ4n) is 2.12. The number of nitrogens with one attached hydrogen (secondary N) is 1. The van der Waals surface area contributed by atoms with E-state index >= 15 is 0 Å². The summed E-state index contributed by atoms with van der Waals surface area (Å²) in [5.74, 6) is 0.541. The molecule has 3 rings (SSSR count). The van der Waals surface area contributed by atoms with E-state index in [0.29, 0.717) is 11.9 Å². The molecule has 0 spiro atoms. The van der Waals surface area contributed by atoms with Crippen molar-refractivity contribution in [2.45, 2.75) is 6.92 Å². The highest BCUT2D eigenvalue weighted by Gasteiger charge is 2.15. The van der Waals surface area contributed by atoms with Crippen molar-refractivity contribution < 1.29 is 4.42 Å². The fourth-order valence-corrected chi connectivity index (χ4v) is 2.12. The number of rotatable bonds is 3. The molecule has 1 aliphatic heterocycles. The quantitative estimate of drug-likeness (QED) is 0.924. The molecule has 0 amide bonds. The normalized spacial score (nSPS) is 15.9. The smallest absolute Gasteiger partial charge is 0.318 e. The molecule has 2 aromatic rings. The molecule has 1 N–H and O–H groups in total. The van der Waals surface area contributed by atoms with E-state index in [4.69, 9.17) is 4.42 Å². The molecular weight excluding hydrogens is 252 g/mol. The SMILES string of the molecule is Cc1ccc(/C=C/c2nnc(N3CCNCC3)o2)cc1. The molecular formula is C15H18N4O. The Hall–Kier alpha value is -2.14. The Morgan fingerprint density at radius 3 is 2.60 bits per heavy atom. The second-order valence-corrected chi connectivity index (χ2v) is 4.90. The van der Waals surface area contributed by atoms with Crippen LogP contribution in [0.15, 0.2) is 28.7 Å². The van der Waals surface area contributed by atoms with Gasteiger partial charge in [-0.2, -0.15) is 0 Å². The molecule has 1 aromatic heterocycles. The molecule has 0 atom stereocenters. The van der Waals surface area contributed by atoms with Crippen LogP contribution in [0.1, 0.15) is 17.0 Å². The predicted octanol–water partition coefficient (Wildman–Crippen LogP) is 1.96. The monoisotopic (exact) mass is 270 g/mol. The molecule has 1 fully saturated rings. The Kier molecular flexibility index (Phi) is 3.78. The number of hydrogen-bond acceptors (Lipinski definition) is 5. The maximum Gasteiger partial charge on any atom is 0.318 e. The molecule has 0 bridgehead atoms. The Bertz CT molecular complexity index is 582. The first kappa shape index (κ1) is 12.9. The van der Waals surface area contributed by atoms with Crippen LogP contribution >= 0.6 is 0 Å². The molecule has 5 nitrogen and oxygen atoms in total. The average Bonchev–Trinajstić information content (AvgIpc) is 2.97. The highest BCUT2D eigenvalue weighted by Crippen LogP contribution is 2.15. The summed E-state index contributed by atoms with van der Waals surface area (Å²) in [6.07, 6.45) is 3.83. The van der Waals surface area contributed by atoms with Crippen molar-refractivity contribution in [2.75, 3.05) is 31.1 Å². The molecule has 1 aliphatic rings. The van der Waals surface area contributed by atoms with E-state index in [-0.39, 0.29) is 0 Å². The Labute approximate surface area is 118 Å². The van der Waals surface area contributed by atoms with Gasteiger partial charge in [0, 0.05) is 32.3 Å². The van der Waals surface area contributed by atoms with Gasteiger partial charge in [0.15, 0.2) is 0 Å². The maximum absolute atomic E-state index is 5.66. The van der Waals surface area contributed by atoms with E-state index in [9.17, 15) is 0 Å². The molecule has 0 saturated carbocycles. The van der Waals surface area contributed by atoms with Crippen molar-refractivity contribution in [1.29, 1.82) is 0 Å². The Morgan fingerprint density at radius 1 is 1.10 bits per heavy atom. The van der Waals surface area contributed by atoms with Crippen LogP contribution in [0.5, 0.6) is 0 Å². The van der Waals surface area contributed by atoms with Gasteiger partial charge in [-0.05, 0) is 18.6 Å². The van der Waals surface area contributed by atoms with Gasteiger partial charge in [0.25, 0.3) is 0 Å². The maximum atomic E-state index is 5.66. The third-order valence-corrected chi connectivity index (χ3v) is 3.31. The summed E-state index contributed by atoms with van der Waals surface area (Å²) in [7, 11) is 0. The number of piperazine rings is 1. The van der Waals surface area contributed by atoms with Crippen LogP contribution in [0.3, 0.4) is 0 Å². The van der Waals surface area contributed by atoms with E-state index in [0.717, 1.165) is 31.7 Å². The lowest BCUT2D eigenvalue weighted by Gasteiger charge is -2.24. The number of aryl methyl sites for hydroxylation is 1. The molecule has 1 aromatic carbocycles. The summed E-state index contributed by atoms with van der Waals surface area (Å²) in [6.45, 7) is 5.80. The van der Waals surface area contributed by atoms with E-state index in [2.05, 4.69) is 51.6 Å². The van der Waals surface area contributed by atoms with Crippen LogP contribution in [-0.2, 0) is 0 Å². The number of nitrogens with zero attached hydrogens (tertiary/aromatic N) is 3. The zero-order valence-electron chi connectivity index (χ0n) is 11.5. The third-order valence-electron chi connectivity index (χ3n) is 3.31. The van der Waals surface area contributed by atoms with Gasteiger partial charge in [0.1, 0.15) is 0 Å². The Balaban J connectivity index is 1.68. The van der Waals surface area contributed by atoms with Crippen molar-refractivity contribution in [2.24, 2.45) is 0 Å². The van der Waals surface area contributed by atoms with Crippen molar-refractivity contribution in [3.63, 3.8) is 0 Å². The predicted molar refractivity (Wildman–Crippen MR) is 79.5 cm³/mol. The zero-order valence-corrected chi connectivity index (χ0v) is 11.5. The standard InChI is InChI=1S/C15H18N4O/c1-12-2-4-13(5-3-12)6-7-14-17-18-15(20-14)19-10-8-16-9-11-19/h2-7,16H,8-11H2,1H3/b7-6+. The molecule has 1 saturated heterocycles. The molecule has 0 radical (unpaired) electrons. The van der Waals surface area contributed by atoms with Crippen LogP contribution < -0.4 is 10.2 Å². The van der Waals surface area contributed by atoms with E-state index in [1.54, 1.807) is 0 Å². The number of hydrogen-bond donors (Lipinski definition) is 1. The first-order chi connectivity index (χ1) is 9.81. The molecule has 0 unspecified atom stereocenters. The second-order valence-electron chi connectivity index (χ2n) is 4.90. The van der Waals surface area contributed by atoms with Gasteiger partial charge in [0.2, 0.25) is 5.89 Å². The van der Waals surface area contributed by atoms with E-state index < -0.39 is 0 Å². The van der Waals surface area contributed by atoms with Crippen molar-refractivity contribution >= 4 is 18.2 Å². The summed E-state index contributed by atoms with van der Waals surface area (Å²) < 4.78 is 5.66. The minimum Gasteiger partial charge on any atom is -0.404 e. The first-order valence-corrected chi connectivity index (χ1v) is 6.85. The van der Waals surface area contributed by atoms with Crippen LogP contribution in [-0.4, -0.2) is 36.4 Å². The summed E-state index contributed by atoms with van der Waals surface area (Å²) >= 11 is 0. The lowest BCUT2D eigenvalue weighted by atomic mass is 10.1. The minimum atomic E-state index is 0.541. The molecule has 20 heavy (non-hydrogen) atoms. The number of anilines is 1. The highest BCUT2D eigenvalue weighted by molar-refractivity contribution is 5.66. The van der Waals surface area contributed by atoms with Gasteiger partial charge in [-0.3, -0.25) is 0 Å².